The van der Waals surface area contributed by atoms with Crippen LogP contribution in [-0.4, -0.2) is 43.9 Å². The second-order valence-electron chi connectivity index (χ2n) is 11.9. The maximum absolute atomic E-state index is 13.8. The Bertz CT molecular complexity index is 1780. The zero-order valence-corrected chi connectivity index (χ0v) is 26.7. The van der Waals surface area contributed by atoms with E-state index < -0.39 is 15.7 Å². The van der Waals surface area contributed by atoms with Crippen molar-refractivity contribution < 1.29 is 17.6 Å². The molecule has 1 amide bonds. The fraction of sp³-hybridized carbons (Fsp3) is 0.343. The molecule has 0 aliphatic carbocycles. The molecule has 3 aromatic rings. The highest BCUT2D eigenvalue weighted by Gasteiger charge is 2.29. The maximum atomic E-state index is 13.8. The number of benzene rings is 3. The number of hydrogen-bond acceptors (Lipinski definition) is 6. The van der Waals surface area contributed by atoms with Crippen LogP contribution in [-0.2, 0) is 27.6 Å². The predicted octanol–water partition coefficient (Wildman–Crippen LogP) is 7.20. The van der Waals surface area contributed by atoms with Crippen molar-refractivity contribution in [3.63, 3.8) is 0 Å². The number of para-hydroxylation sites is 1. The summed E-state index contributed by atoms with van der Waals surface area (Å²) in [5.74, 6) is -0.902. The molecule has 0 bridgehead atoms. The Morgan fingerprint density at radius 3 is 2.59 bits per heavy atom. The number of anilines is 1. The van der Waals surface area contributed by atoms with Gasteiger partial charge in [0.1, 0.15) is 10.9 Å². The van der Waals surface area contributed by atoms with Gasteiger partial charge in [0.05, 0.1) is 17.7 Å². The van der Waals surface area contributed by atoms with E-state index in [9.17, 15) is 17.6 Å². The first-order chi connectivity index (χ1) is 20.9. The molecular formula is C35H39FN4O3S. The number of sulfone groups is 1. The van der Waals surface area contributed by atoms with Crippen LogP contribution in [0, 0.1) is 18.7 Å². The number of amides is 1. The third-order valence-corrected chi connectivity index (χ3v) is 9.74. The molecule has 5 rings (SSSR count). The van der Waals surface area contributed by atoms with Crippen molar-refractivity contribution in [2.75, 3.05) is 18.6 Å². The molecule has 9 heteroatoms. The normalized spacial score (nSPS) is 17.5. The molecule has 3 aromatic carbocycles. The number of nitrogens with zero attached hydrogens (tertiary/aromatic N) is 3. The highest BCUT2D eigenvalue weighted by Crippen LogP contribution is 2.37. The fourth-order valence-electron chi connectivity index (χ4n) is 6.01. The molecule has 0 saturated heterocycles. The van der Waals surface area contributed by atoms with E-state index in [0.717, 1.165) is 42.5 Å². The van der Waals surface area contributed by atoms with Crippen LogP contribution in [0.15, 0.2) is 76.2 Å². The van der Waals surface area contributed by atoms with E-state index in [1.165, 1.54) is 35.4 Å². The molecular weight excluding hydrogens is 575 g/mol. The maximum Gasteiger partial charge on any atom is 0.253 e. The zero-order valence-electron chi connectivity index (χ0n) is 25.9. The van der Waals surface area contributed by atoms with Crippen molar-refractivity contribution in [1.82, 2.24) is 4.90 Å². The molecule has 2 aliphatic heterocycles. The highest BCUT2D eigenvalue weighted by molar-refractivity contribution is 8.05. The summed E-state index contributed by atoms with van der Waals surface area (Å²) in [4.78, 5) is 25.2. The molecule has 7 nitrogen and oxygen atoms in total. The Morgan fingerprint density at radius 1 is 1.14 bits per heavy atom. The lowest BCUT2D eigenvalue weighted by Crippen LogP contribution is -2.20. The van der Waals surface area contributed by atoms with Crippen LogP contribution >= 0.6 is 0 Å². The summed E-state index contributed by atoms with van der Waals surface area (Å²) in [5, 5.41) is 3.08. The highest BCUT2D eigenvalue weighted by atomic mass is 32.2. The first kappa shape index (κ1) is 31.3. The van der Waals surface area contributed by atoms with Crippen LogP contribution in [0.1, 0.15) is 66.8 Å². The van der Waals surface area contributed by atoms with Crippen molar-refractivity contribution >= 4 is 44.2 Å². The van der Waals surface area contributed by atoms with Crippen LogP contribution in [0.25, 0.3) is 5.70 Å². The molecule has 0 spiro atoms. The SMILES string of the molecule is CCC(Cc1cc(NC(=O)C2=C(c3ccc(F)cc3)N=C(S(C)(=O)=O)C(C)CC2)ccc1C)c1cccc2c1N=CN(C)C2. The quantitative estimate of drug-likeness (QED) is 0.305. The third kappa shape index (κ3) is 6.83. The standard InChI is InChI=1S/C35H39FN4O3S/c1-6-24(30-9-7-8-26-20-40(4)21-37-32(26)30)18-27-19-29(16-10-22(27)2)38-34(41)31-17-11-23(3)35(44(5,42)43)39-33(31)25-12-14-28(36)15-13-25/h7-10,12-16,19,21,23-24H,6,11,17-18,20H2,1-5H3,(H,38,41). The zero-order chi connectivity index (χ0) is 31.6. The predicted molar refractivity (Wildman–Crippen MR) is 177 cm³/mol. The number of carbonyl (C=O) groups excluding carboxylic acids is 1. The van der Waals surface area contributed by atoms with Crippen LogP contribution < -0.4 is 5.32 Å². The Labute approximate surface area is 259 Å². The Kier molecular flexibility index (Phi) is 9.15. The minimum atomic E-state index is -3.61. The van der Waals surface area contributed by atoms with Gasteiger partial charge in [-0.05, 0) is 97.2 Å². The minimum absolute atomic E-state index is 0.0296. The smallest absolute Gasteiger partial charge is 0.253 e. The second-order valence-corrected chi connectivity index (χ2v) is 13.9. The van der Waals surface area contributed by atoms with Crippen molar-refractivity contribution in [3.05, 3.63) is 99.9 Å². The molecule has 44 heavy (non-hydrogen) atoms. The first-order valence-electron chi connectivity index (χ1n) is 15.0. The van der Waals surface area contributed by atoms with E-state index in [2.05, 4.69) is 47.3 Å². The van der Waals surface area contributed by atoms with E-state index in [4.69, 9.17) is 4.99 Å². The number of fused-ring (bicyclic) bond motifs is 1. The van der Waals surface area contributed by atoms with Gasteiger partial charge in [0.15, 0.2) is 9.84 Å². The van der Waals surface area contributed by atoms with Crippen molar-refractivity contribution in [2.45, 2.75) is 58.9 Å². The Balaban J connectivity index is 1.47. The van der Waals surface area contributed by atoms with Gasteiger partial charge < -0.3 is 10.2 Å². The number of rotatable bonds is 7. The van der Waals surface area contributed by atoms with E-state index in [1.54, 1.807) is 6.92 Å². The molecule has 230 valence electrons. The van der Waals surface area contributed by atoms with Gasteiger partial charge in [0.25, 0.3) is 5.91 Å². The van der Waals surface area contributed by atoms with Crippen LogP contribution in [0.3, 0.4) is 0 Å². The summed E-state index contributed by atoms with van der Waals surface area (Å²) in [6.45, 7) is 6.89. The van der Waals surface area contributed by atoms with Crippen LogP contribution in [0.5, 0.6) is 0 Å². The number of hydrogen-bond donors (Lipinski definition) is 1. The van der Waals surface area contributed by atoms with Gasteiger partial charge in [0.2, 0.25) is 0 Å². The lowest BCUT2D eigenvalue weighted by molar-refractivity contribution is -0.113. The van der Waals surface area contributed by atoms with Crippen molar-refractivity contribution in [3.8, 4) is 0 Å². The molecule has 0 aromatic heterocycles. The van der Waals surface area contributed by atoms with E-state index in [-0.39, 0.29) is 28.5 Å². The molecule has 0 saturated carbocycles. The summed E-state index contributed by atoms with van der Waals surface area (Å²) < 4.78 is 39.0. The molecule has 1 N–H and O–H groups in total. The van der Waals surface area contributed by atoms with Gasteiger partial charge in [0, 0.05) is 42.6 Å². The molecule has 2 unspecified atom stereocenters. The lowest BCUT2D eigenvalue weighted by Gasteiger charge is -2.25. The number of nitrogens with one attached hydrogen (secondary N) is 1. The third-order valence-electron chi connectivity index (χ3n) is 8.49. The molecule has 0 fully saturated rings. The summed E-state index contributed by atoms with van der Waals surface area (Å²) >= 11 is 0. The summed E-state index contributed by atoms with van der Waals surface area (Å²) in [6.07, 6.45) is 5.50. The van der Waals surface area contributed by atoms with Gasteiger partial charge in [-0.15, -0.1) is 0 Å². The van der Waals surface area contributed by atoms with Gasteiger partial charge in [-0.25, -0.2) is 22.8 Å². The van der Waals surface area contributed by atoms with Gasteiger partial charge >= 0.3 is 0 Å². The van der Waals surface area contributed by atoms with Gasteiger partial charge in [-0.2, -0.15) is 0 Å². The summed E-state index contributed by atoms with van der Waals surface area (Å²) in [5.41, 5.74) is 7.52. The number of aryl methyl sites for hydroxylation is 1. The van der Waals surface area contributed by atoms with Gasteiger partial charge in [-0.1, -0.05) is 38.1 Å². The molecule has 2 aliphatic rings. The van der Waals surface area contributed by atoms with Crippen molar-refractivity contribution in [2.24, 2.45) is 15.9 Å². The second kappa shape index (κ2) is 12.9. The molecule has 2 heterocycles. The number of aliphatic imine (C=N–C) groups is 2. The lowest BCUT2D eigenvalue weighted by atomic mass is 9.86. The van der Waals surface area contributed by atoms with Crippen LogP contribution in [0.4, 0.5) is 15.8 Å². The summed E-state index contributed by atoms with van der Waals surface area (Å²) in [7, 11) is -1.59. The molecule has 2 atom stereocenters. The number of carbonyl (C=O) groups is 1. The fourth-order valence-corrected chi connectivity index (χ4v) is 7.12. The monoisotopic (exact) mass is 614 g/mol. The number of halogens is 1. The summed E-state index contributed by atoms with van der Waals surface area (Å²) in [6, 6.07) is 17.9. The van der Waals surface area contributed by atoms with E-state index in [1.807, 2.05) is 31.6 Å². The minimum Gasteiger partial charge on any atom is -0.361 e. The largest absolute Gasteiger partial charge is 0.361 e. The average molecular weight is 615 g/mol. The Hall–Kier alpha value is -4.11. The molecule has 0 radical (unpaired) electrons. The van der Waals surface area contributed by atoms with Crippen molar-refractivity contribution in [1.29, 1.82) is 0 Å². The van der Waals surface area contributed by atoms with Gasteiger partial charge in [-0.3, -0.25) is 4.79 Å². The van der Waals surface area contributed by atoms with E-state index in [0.29, 0.717) is 29.7 Å². The van der Waals surface area contributed by atoms with Crippen LogP contribution in [0.2, 0.25) is 0 Å². The van der Waals surface area contributed by atoms with E-state index >= 15 is 0 Å². The average Bonchev–Trinajstić information content (AvgIpc) is 3.16. The Morgan fingerprint density at radius 2 is 1.89 bits per heavy atom. The topological polar surface area (TPSA) is 91.2 Å². The first-order valence-corrected chi connectivity index (χ1v) is 16.9.